The van der Waals surface area contributed by atoms with Gasteiger partial charge in [0.15, 0.2) is 6.79 Å². The normalized spacial score (nSPS) is 46.4. The summed E-state index contributed by atoms with van der Waals surface area (Å²) in [7, 11) is 0. The summed E-state index contributed by atoms with van der Waals surface area (Å²) in [4.78, 5) is 12.2. The maximum absolute atomic E-state index is 12.2. The smallest absolute Gasteiger partial charge is 0.311 e. The molecular weight excluding hydrogens is 264 g/mol. The molecule has 6 unspecified atom stereocenters. The molecule has 4 aliphatic carbocycles. The standard InChI is InChI=1S/C18H26O3/c1-2-18(10-13-4-6-15(18)8-13)21-11-20-17(19)16-9-12-3-5-14(16)7-12/h3,5,12-16H,2,4,6-11H2,1H3. The Morgan fingerprint density at radius 1 is 1.24 bits per heavy atom. The minimum atomic E-state index is -0.0405. The summed E-state index contributed by atoms with van der Waals surface area (Å²) in [6, 6.07) is 0. The number of rotatable bonds is 5. The lowest BCUT2D eigenvalue weighted by Gasteiger charge is -2.36. The van der Waals surface area contributed by atoms with Gasteiger partial charge >= 0.3 is 5.97 Å². The van der Waals surface area contributed by atoms with Gasteiger partial charge in [0.25, 0.3) is 0 Å². The van der Waals surface area contributed by atoms with Crippen molar-refractivity contribution < 1.29 is 14.3 Å². The first-order valence-corrected chi connectivity index (χ1v) is 8.69. The van der Waals surface area contributed by atoms with E-state index in [1.54, 1.807) is 0 Å². The Morgan fingerprint density at radius 3 is 2.71 bits per heavy atom. The van der Waals surface area contributed by atoms with E-state index < -0.39 is 0 Å². The van der Waals surface area contributed by atoms with E-state index in [-0.39, 0.29) is 24.3 Å². The summed E-state index contributed by atoms with van der Waals surface area (Å²) < 4.78 is 11.6. The monoisotopic (exact) mass is 290 g/mol. The van der Waals surface area contributed by atoms with Crippen LogP contribution in [0.3, 0.4) is 0 Å². The number of carbonyl (C=O) groups is 1. The maximum atomic E-state index is 12.2. The Kier molecular flexibility index (Phi) is 3.36. The molecule has 4 rings (SSSR count). The third-order valence-corrected chi connectivity index (χ3v) is 6.65. The molecule has 21 heavy (non-hydrogen) atoms. The topological polar surface area (TPSA) is 35.5 Å². The molecule has 6 atom stereocenters. The first kappa shape index (κ1) is 13.8. The zero-order valence-corrected chi connectivity index (χ0v) is 12.9. The third kappa shape index (κ3) is 2.25. The van der Waals surface area contributed by atoms with Gasteiger partial charge in [-0.3, -0.25) is 4.79 Å². The summed E-state index contributed by atoms with van der Waals surface area (Å²) >= 11 is 0. The predicted octanol–water partition coefficient (Wildman–Crippen LogP) is 3.68. The van der Waals surface area contributed by atoms with Crippen molar-refractivity contribution in [2.45, 2.75) is 57.5 Å². The molecule has 3 nitrogen and oxygen atoms in total. The Bertz CT molecular complexity index is 457. The lowest BCUT2D eigenvalue weighted by atomic mass is 9.82. The lowest BCUT2D eigenvalue weighted by molar-refractivity contribution is -0.187. The third-order valence-electron chi connectivity index (χ3n) is 6.65. The fourth-order valence-corrected chi connectivity index (χ4v) is 5.47. The zero-order chi connectivity index (χ0) is 14.4. The summed E-state index contributed by atoms with van der Waals surface area (Å²) in [5, 5.41) is 0. The molecule has 0 radical (unpaired) electrons. The van der Waals surface area contributed by atoms with Crippen LogP contribution in [0.25, 0.3) is 0 Å². The van der Waals surface area contributed by atoms with Crippen molar-refractivity contribution in [2.24, 2.45) is 29.6 Å². The minimum Gasteiger partial charge on any atom is -0.438 e. The van der Waals surface area contributed by atoms with Gasteiger partial charge in [-0.05, 0) is 68.6 Å². The first-order chi connectivity index (χ1) is 10.2. The van der Waals surface area contributed by atoms with E-state index in [0.717, 1.165) is 25.2 Å². The molecule has 4 aliphatic rings. The minimum absolute atomic E-state index is 0.00220. The molecular formula is C18H26O3. The van der Waals surface area contributed by atoms with Gasteiger partial charge in [0.2, 0.25) is 0 Å². The average Bonchev–Trinajstić information content (AvgIpc) is 3.26. The quantitative estimate of drug-likeness (QED) is 0.440. The molecule has 0 saturated heterocycles. The van der Waals surface area contributed by atoms with Crippen LogP contribution in [0.4, 0.5) is 0 Å². The van der Waals surface area contributed by atoms with Crippen LogP contribution >= 0.6 is 0 Å². The summed E-state index contributed by atoms with van der Waals surface area (Å²) in [6.07, 6.45) is 12.8. The summed E-state index contributed by atoms with van der Waals surface area (Å²) in [6.45, 7) is 2.37. The first-order valence-electron chi connectivity index (χ1n) is 8.69. The van der Waals surface area contributed by atoms with E-state index in [1.165, 1.54) is 25.7 Å². The van der Waals surface area contributed by atoms with E-state index >= 15 is 0 Å². The average molecular weight is 290 g/mol. The molecule has 3 heteroatoms. The van der Waals surface area contributed by atoms with Crippen molar-refractivity contribution in [1.29, 1.82) is 0 Å². The highest BCUT2D eigenvalue weighted by molar-refractivity contribution is 5.74. The molecule has 0 amide bonds. The van der Waals surface area contributed by atoms with Crippen LogP contribution in [0.15, 0.2) is 12.2 Å². The fraction of sp³-hybridized carbons (Fsp3) is 0.833. The van der Waals surface area contributed by atoms with Crippen molar-refractivity contribution in [3.05, 3.63) is 12.2 Å². The van der Waals surface area contributed by atoms with E-state index in [4.69, 9.17) is 9.47 Å². The number of ether oxygens (including phenoxy) is 2. The summed E-state index contributed by atoms with van der Waals surface area (Å²) in [5.74, 6) is 2.62. The van der Waals surface area contributed by atoms with E-state index in [1.807, 2.05) is 0 Å². The SMILES string of the molecule is CCC1(OCOC(=O)C2CC3C=CC2C3)CC2CCC1C2. The van der Waals surface area contributed by atoms with Crippen LogP contribution in [-0.4, -0.2) is 18.4 Å². The highest BCUT2D eigenvalue weighted by Gasteiger charge is 2.51. The van der Waals surface area contributed by atoms with Gasteiger partial charge in [0.1, 0.15) is 0 Å². The van der Waals surface area contributed by atoms with Crippen molar-refractivity contribution in [2.75, 3.05) is 6.79 Å². The van der Waals surface area contributed by atoms with Crippen molar-refractivity contribution >= 4 is 5.97 Å². The Hall–Kier alpha value is -0.830. The molecule has 0 heterocycles. The highest BCUT2D eigenvalue weighted by atomic mass is 16.7. The van der Waals surface area contributed by atoms with Gasteiger partial charge in [-0.1, -0.05) is 19.1 Å². The number of esters is 1. The van der Waals surface area contributed by atoms with Crippen LogP contribution < -0.4 is 0 Å². The van der Waals surface area contributed by atoms with Gasteiger partial charge in [0, 0.05) is 0 Å². The van der Waals surface area contributed by atoms with Crippen molar-refractivity contribution in [3.63, 3.8) is 0 Å². The van der Waals surface area contributed by atoms with Crippen LogP contribution in [0.5, 0.6) is 0 Å². The van der Waals surface area contributed by atoms with Gasteiger partial charge in [-0.25, -0.2) is 0 Å². The Labute approximate surface area is 127 Å². The second-order valence-electron chi connectivity index (χ2n) is 7.61. The van der Waals surface area contributed by atoms with E-state index in [0.29, 0.717) is 17.8 Å². The number of hydrogen-bond donors (Lipinski definition) is 0. The predicted molar refractivity (Wildman–Crippen MR) is 79.4 cm³/mol. The maximum Gasteiger partial charge on any atom is 0.311 e. The largest absolute Gasteiger partial charge is 0.438 e. The molecule has 0 aromatic rings. The second-order valence-corrected chi connectivity index (χ2v) is 7.61. The van der Waals surface area contributed by atoms with E-state index in [9.17, 15) is 4.79 Å². The Morgan fingerprint density at radius 2 is 2.14 bits per heavy atom. The fourth-order valence-electron chi connectivity index (χ4n) is 5.47. The molecule has 3 saturated carbocycles. The molecule has 0 aliphatic heterocycles. The molecule has 4 bridgehead atoms. The number of carbonyl (C=O) groups excluding carboxylic acids is 1. The zero-order valence-electron chi connectivity index (χ0n) is 12.9. The number of allylic oxidation sites excluding steroid dienone is 2. The van der Waals surface area contributed by atoms with Crippen LogP contribution in [0.1, 0.15) is 51.9 Å². The van der Waals surface area contributed by atoms with Crippen molar-refractivity contribution in [1.82, 2.24) is 0 Å². The number of hydrogen-bond acceptors (Lipinski definition) is 3. The number of fused-ring (bicyclic) bond motifs is 4. The molecule has 116 valence electrons. The second kappa shape index (κ2) is 5.12. The van der Waals surface area contributed by atoms with Crippen molar-refractivity contribution in [3.8, 4) is 0 Å². The van der Waals surface area contributed by atoms with Gasteiger partial charge in [0.05, 0.1) is 11.5 Å². The lowest BCUT2D eigenvalue weighted by Crippen LogP contribution is -2.39. The molecule has 0 spiro atoms. The van der Waals surface area contributed by atoms with Gasteiger partial charge in [-0.2, -0.15) is 0 Å². The van der Waals surface area contributed by atoms with E-state index in [2.05, 4.69) is 19.1 Å². The molecule has 0 aromatic heterocycles. The molecule has 0 N–H and O–H groups in total. The van der Waals surface area contributed by atoms with Gasteiger partial charge < -0.3 is 9.47 Å². The highest BCUT2D eigenvalue weighted by Crippen LogP contribution is 2.54. The van der Waals surface area contributed by atoms with Crippen LogP contribution in [0.2, 0.25) is 0 Å². The molecule has 0 aromatic carbocycles. The van der Waals surface area contributed by atoms with Gasteiger partial charge in [-0.15, -0.1) is 0 Å². The Balaban J connectivity index is 1.29. The summed E-state index contributed by atoms with van der Waals surface area (Å²) in [5.41, 5.74) is -0.00220. The van der Waals surface area contributed by atoms with Crippen LogP contribution in [-0.2, 0) is 14.3 Å². The molecule has 3 fully saturated rings. The van der Waals surface area contributed by atoms with Crippen LogP contribution in [0, 0.1) is 29.6 Å².